The Morgan fingerprint density at radius 2 is 2.27 bits per heavy atom. The van der Waals surface area contributed by atoms with Crippen molar-refractivity contribution in [2.45, 2.75) is 6.54 Å². The lowest BCUT2D eigenvalue weighted by Gasteiger charge is -2.01. The van der Waals surface area contributed by atoms with Crippen molar-refractivity contribution in [3.8, 4) is 6.01 Å². The summed E-state index contributed by atoms with van der Waals surface area (Å²) >= 11 is 0. The van der Waals surface area contributed by atoms with Crippen molar-refractivity contribution in [3.63, 3.8) is 0 Å². The van der Waals surface area contributed by atoms with E-state index in [9.17, 15) is 0 Å². The number of hydrogen-bond acceptors (Lipinski definition) is 5. The molecule has 1 aromatic rings. The summed E-state index contributed by atoms with van der Waals surface area (Å²) in [6.45, 7) is 0.336. The van der Waals surface area contributed by atoms with Crippen LogP contribution in [0.5, 0.6) is 6.01 Å². The third-order valence-electron chi connectivity index (χ3n) is 1.17. The van der Waals surface area contributed by atoms with Crippen LogP contribution in [0.25, 0.3) is 0 Å². The number of nitrogens with zero attached hydrogens (tertiary/aromatic N) is 2. The summed E-state index contributed by atoms with van der Waals surface area (Å²) in [6.07, 6.45) is 0. The number of nitrogen functional groups attached to an aromatic ring is 1. The smallest absolute Gasteiger partial charge is 0.318 e. The molecular weight excluding hydrogens is 144 g/mol. The van der Waals surface area contributed by atoms with Gasteiger partial charge in [-0.25, -0.2) is 0 Å². The van der Waals surface area contributed by atoms with Crippen molar-refractivity contribution < 1.29 is 4.74 Å². The van der Waals surface area contributed by atoms with E-state index in [2.05, 4.69) is 9.97 Å². The Morgan fingerprint density at radius 3 is 2.82 bits per heavy atom. The fourth-order valence-corrected chi connectivity index (χ4v) is 0.689. The van der Waals surface area contributed by atoms with E-state index in [-0.39, 0.29) is 6.01 Å². The first-order valence-electron chi connectivity index (χ1n) is 3.13. The van der Waals surface area contributed by atoms with Gasteiger partial charge in [0.1, 0.15) is 5.82 Å². The van der Waals surface area contributed by atoms with Gasteiger partial charge in [0.2, 0.25) is 0 Å². The summed E-state index contributed by atoms with van der Waals surface area (Å²) in [5.41, 5.74) is 11.4. The molecule has 0 aliphatic carbocycles. The molecule has 0 saturated carbocycles. The molecule has 4 N–H and O–H groups in total. The van der Waals surface area contributed by atoms with E-state index in [1.807, 2.05) is 0 Å². The Morgan fingerprint density at radius 1 is 1.55 bits per heavy atom. The molecule has 0 fully saturated rings. The van der Waals surface area contributed by atoms with Crippen LogP contribution >= 0.6 is 0 Å². The number of rotatable bonds is 2. The van der Waals surface area contributed by atoms with Crippen molar-refractivity contribution in [2.24, 2.45) is 5.73 Å². The van der Waals surface area contributed by atoms with E-state index in [0.29, 0.717) is 18.1 Å². The van der Waals surface area contributed by atoms with Gasteiger partial charge in [0.05, 0.1) is 12.8 Å². The second-order valence-electron chi connectivity index (χ2n) is 1.97. The van der Waals surface area contributed by atoms with Crippen molar-refractivity contribution in [3.05, 3.63) is 11.8 Å². The van der Waals surface area contributed by atoms with Crippen molar-refractivity contribution in [1.29, 1.82) is 0 Å². The highest BCUT2D eigenvalue weighted by Crippen LogP contribution is 2.07. The second-order valence-corrected chi connectivity index (χ2v) is 1.97. The summed E-state index contributed by atoms with van der Waals surface area (Å²) in [4.78, 5) is 7.72. The van der Waals surface area contributed by atoms with E-state index in [0.717, 1.165) is 0 Å². The molecule has 0 amide bonds. The van der Waals surface area contributed by atoms with Crippen LogP contribution in [0.15, 0.2) is 6.07 Å². The molecule has 0 aliphatic heterocycles. The van der Waals surface area contributed by atoms with Gasteiger partial charge >= 0.3 is 6.01 Å². The van der Waals surface area contributed by atoms with Gasteiger partial charge in [0.15, 0.2) is 0 Å². The fourth-order valence-electron chi connectivity index (χ4n) is 0.689. The predicted octanol–water partition coefficient (Wildman–Crippen LogP) is -0.474. The molecule has 1 aromatic heterocycles. The highest BCUT2D eigenvalue weighted by atomic mass is 16.5. The van der Waals surface area contributed by atoms with Gasteiger partial charge in [-0.3, -0.25) is 0 Å². The number of anilines is 1. The molecular formula is C6H10N4O. The number of aromatic nitrogens is 2. The molecule has 5 nitrogen and oxygen atoms in total. The largest absolute Gasteiger partial charge is 0.467 e. The van der Waals surface area contributed by atoms with Crippen molar-refractivity contribution in [2.75, 3.05) is 12.8 Å². The maximum Gasteiger partial charge on any atom is 0.318 e. The van der Waals surface area contributed by atoms with Crippen LogP contribution in [0.3, 0.4) is 0 Å². The quantitative estimate of drug-likeness (QED) is 0.601. The number of nitrogens with two attached hydrogens (primary N) is 2. The molecule has 0 aromatic carbocycles. The third-order valence-corrected chi connectivity index (χ3v) is 1.17. The topological polar surface area (TPSA) is 87.0 Å². The number of hydrogen-bond donors (Lipinski definition) is 2. The number of methoxy groups -OCH3 is 1. The van der Waals surface area contributed by atoms with E-state index in [1.54, 1.807) is 6.07 Å². The van der Waals surface area contributed by atoms with E-state index in [4.69, 9.17) is 16.2 Å². The molecule has 11 heavy (non-hydrogen) atoms. The molecule has 0 unspecified atom stereocenters. The molecule has 1 rings (SSSR count). The maximum atomic E-state index is 5.42. The zero-order valence-electron chi connectivity index (χ0n) is 6.24. The van der Waals surface area contributed by atoms with E-state index in [1.165, 1.54) is 7.11 Å². The fraction of sp³-hybridized carbons (Fsp3) is 0.333. The summed E-state index contributed by atoms with van der Waals surface area (Å²) < 4.78 is 4.78. The Hall–Kier alpha value is -1.36. The summed E-state index contributed by atoms with van der Waals surface area (Å²) in [5, 5.41) is 0. The van der Waals surface area contributed by atoms with Crippen LogP contribution in [0.1, 0.15) is 5.69 Å². The monoisotopic (exact) mass is 154 g/mol. The lowest BCUT2D eigenvalue weighted by atomic mass is 10.4. The first-order valence-corrected chi connectivity index (χ1v) is 3.13. The predicted molar refractivity (Wildman–Crippen MR) is 40.9 cm³/mol. The molecule has 0 saturated heterocycles. The minimum atomic E-state index is 0.255. The van der Waals surface area contributed by atoms with Crippen molar-refractivity contribution >= 4 is 5.82 Å². The van der Waals surface area contributed by atoms with Gasteiger partial charge in [0.25, 0.3) is 0 Å². The summed E-state index contributed by atoms with van der Waals surface area (Å²) in [7, 11) is 1.48. The lowest BCUT2D eigenvalue weighted by molar-refractivity contribution is 0.379. The molecule has 1 heterocycles. The second kappa shape index (κ2) is 3.16. The minimum Gasteiger partial charge on any atom is -0.467 e. The van der Waals surface area contributed by atoms with E-state index >= 15 is 0 Å². The Labute approximate surface area is 64.4 Å². The summed E-state index contributed by atoms with van der Waals surface area (Å²) in [5.74, 6) is 0.373. The van der Waals surface area contributed by atoms with Crippen LogP contribution in [0, 0.1) is 0 Å². The highest BCUT2D eigenvalue weighted by molar-refractivity contribution is 5.31. The third kappa shape index (κ3) is 1.78. The summed E-state index contributed by atoms with van der Waals surface area (Å²) in [6, 6.07) is 1.87. The van der Waals surface area contributed by atoms with Gasteiger partial charge < -0.3 is 16.2 Å². The Bertz CT molecular complexity index is 228. The zero-order chi connectivity index (χ0) is 8.27. The van der Waals surface area contributed by atoms with Crippen LogP contribution in [0.2, 0.25) is 0 Å². The van der Waals surface area contributed by atoms with E-state index < -0.39 is 0 Å². The normalized spacial score (nSPS) is 9.64. The molecule has 5 heteroatoms. The molecule has 0 spiro atoms. The van der Waals surface area contributed by atoms with Crippen molar-refractivity contribution in [1.82, 2.24) is 9.97 Å². The average molecular weight is 154 g/mol. The van der Waals surface area contributed by atoms with Crippen LogP contribution in [-0.2, 0) is 6.54 Å². The SMILES string of the molecule is COc1nc(N)cc(CN)n1. The molecule has 60 valence electrons. The van der Waals surface area contributed by atoms with Crippen LogP contribution in [0.4, 0.5) is 5.82 Å². The van der Waals surface area contributed by atoms with Crippen LogP contribution in [-0.4, -0.2) is 17.1 Å². The van der Waals surface area contributed by atoms with Gasteiger partial charge in [0, 0.05) is 12.6 Å². The molecule has 0 bridgehead atoms. The van der Waals surface area contributed by atoms with Gasteiger partial charge in [-0.1, -0.05) is 0 Å². The van der Waals surface area contributed by atoms with Gasteiger partial charge in [-0.2, -0.15) is 9.97 Å². The molecule has 0 atom stereocenters. The van der Waals surface area contributed by atoms with Crippen LogP contribution < -0.4 is 16.2 Å². The number of ether oxygens (including phenoxy) is 1. The van der Waals surface area contributed by atoms with Gasteiger partial charge in [-0.15, -0.1) is 0 Å². The standard InChI is InChI=1S/C6H10N4O/c1-11-6-9-4(3-7)2-5(8)10-6/h2H,3,7H2,1H3,(H2,8,9,10). The zero-order valence-corrected chi connectivity index (χ0v) is 6.24. The molecule has 0 aliphatic rings. The highest BCUT2D eigenvalue weighted by Gasteiger charge is 1.99. The molecule has 0 radical (unpaired) electrons. The Kier molecular flexibility index (Phi) is 2.22. The minimum absolute atomic E-state index is 0.255. The Balaban J connectivity index is 3.02. The first kappa shape index (κ1) is 7.74. The maximum absolute atomic E-state index is 5.42. The van der Waals surface area contributed by atoms with Gasteiger partial charge in [-0.05, 0) is 0 Å². The lowest BCUT2D eigenvalue weighted by Crippen LogP contribution is -2.04. The first-order chi connectivity index (χ1) is 5.26. The average Bonchev–Trinajstić information content (AvgIpc) is 2.03.